The van der Waals surface area contributed by atoms with Crippen molar-refractivity contribution in [2.24, 2.45) is 4.99 Å². The number of nitro groups is 1. The Kier molecular flexibility index (Phi) is 7.22. The van der Waals surface area contributed by atoms with Gasteiger partial charge in [-0.1, -0.05) is 24.3 Å². The maximum absolute atomic E-state index is 12.8. The first-order valence-electron chi connectivity index (χ1n) is 10.4. The van der Waals surface area contributed by atoms with Gasteiger partial charge in [-0.15, -0.1) is 0 Å². The van der Waals surface area contributed by atoms with Crippen LogP contribution in [0.5, 0.6) is 17.2 Å². The molecule has 36 heavy (non-hydrogen) atoms. The zero-order valence-corrected chi connectivity index (χ0v) is 21.4. The summed E-state index contributed by atoms with van der Waals surface area (Å²) in [5.74, 6) is 1.16. The van der Waals surface area contributed by atoms with Crippen molar-refractivity contribution in [2.75, 3.05) is 14.2 Å². The predicted molar refractivity (Wildman–Crippen MR) is 139 cm³/mol. The average Bonchev–Trinajstić information content (AvgIpc) is 2.87. The quantitative estimate of drug-likeness (QED) is 0.109. The van der Waals surface area contributed by atoms with Crippen molar-refractivity contribution in [3.05, 3.63) is 92.9 Å². The number of methoxy groups -OCH3 is 2. The minimum absolute atomic E-state index is 0.0453. The highest BCUT2D eigenvalue weighted by Crippen LogP contribution is 2.34. The van der Waals surface area contributed by atoms with E-state index in [9.17, 15) is 18.5 Å². The van der Waals surface area contributed by atoms with Gasteiger partial charge in [0, 0.05) is 33.8 Å². The number of fused-ring (bicyclic) bond motifs is 1. The Morgan fingerprint density at radius 3 is 2.39 bits per heavy atom. The van der Waals surface area contributed by atoms with Gasteiger partial charge in [0.2, 0.25) is 0 Å². The summed E-state index contributed by atoms with van der Waals surface area (Å²) >= 11 is 3.50. The standard InChI is InChI=1S/C25H19BrN2O7S/c1-33-24-11-17(22(26)14-25(24)34-2)15-27-23-8-3-5-16-9-10-19(13-21(16)23)35-36(31,32)20-7-4-6-18(12-20)28(29)30/h3-15H,1-2H3. The highest BCUT2D eigenvalue weighted by molar-refractivity contribution is 9.10. The highest BCUT2D eigenvalue weighted by atomic mass is 79.9. The van der Waals surface area contributed by atoms with Gasteiger partial charge in [-0.2, -0.15) is 8.42 Å². The molecule has 184 valence electrons. The fraction of sp³-hybridized carbons (Fsp3) is 0.0800. The SMILES string of the molecule is COc1cc(Br)c(C=Nc2cccc3ccc(OS(=O)(=O)c4cccc([N+](=O)[O-])c4)cc23)cc1OC. The van der Waals surface area contributed by atoms with Gasteiger partial charge in [-0.3, -0.25) is 15.1 Å². The fourth-order valence-electron chi connectivity index (χ4n) is 3.43. The molecular formula is C25H19BrN2O7S. The lowest BCUT2D eigenvalue weighted by Gasteiger charge is -2.10. The summed E-state index contributed by atoms with van der Waals surface area (Å²) in [7, 11) is -1.21. The molecule has 4 aromatic carbocycles. The average molecular weight is 571 g/mol. The van der Waals surface area contributed by atoms with E-state index in [4.69, 9.17) is 13.7 Å². The molecule has 0 atom stereocenters. The fourth-order valence-corrected chi connectivity index (χ4v) is 4.82. The Morgan fingerprint density at radius 1 is 0.944 bits per heavy atom. The van der Waals surface area contributed by atoms with Crippen LogP contribution in [0.15, 0.2) is 87.2 Å². The van der Waals surface area contributed by atoms with Crippen LogP contribution < -0.4 is 13.7 Å². The topological polar surface area (TPSA) is 117 Å². The normalized spacial score (nSPS) is 11.5. The van der Waals surface area contributed by atoms with E-state index in [0.717, 1.165) is 21.5 Å². The number of benzene rings is 4. The van der Waals surface area contributed by atoms with Gasteiger partial charge >= 0.3 is 10.1 Å². The van der Waals surface area contributed by atoms with Gasteiger partial charge in [-0.05, 0) is 57.7 Å². The Balaban J connectivity index is 1.69. The molecule has 0 heterocycles. The van der Waals surface area contributed by atoms with Crippen molar-refractivity contribution in [1.29, 1.82) is 0 Å². The third-order valence-electron chi connectivity index (χ3n) is 5.20. The molecule has 0 aliphatic heterocycles. The van der Waals surface area contributed by atoms with Crippen molar-refractivity contribution < 1.29 is 27.0 Å². The number of hydrogen-bond donors (Lipinski definition) is 0. The van der Waals surface area contributed by atoms with Crippen molar-refractivity contribution in [3.63, 3.8) is 0 Å². The summed E-state index contributed by atoms with van der Waals surface area (Å²) in [5, 5.41) is 12.5. The van der Waals surface area contributed by atoms with Gasteiger partial charge in [0.05, 0.1) is 24.8 Å². The van der Waals surface area contributed by atoms with Crippen LogP contribution in [0, 0.1) is 10.1 Å². The maximum atomic E-state index is 12.8. The van der Waals surface area contributed by atoms with E-state index >= 15 is 0 Å². The van der Waals surface area contributed by atoms with Crippen LogP contribution in [-0.2, 0) is 10.1 Å². The molecule has 0 fully saturated rings. The molecule has 0 amide bonds. The van der Waals surface area contributed by atoms with E-state index < -0.39 is 15.0 Å². The van der Waals surface area contributed by atoms with Crippen molar-refractivity contribution in [1.82, 2.24) is 0 Å². The summed E-state index contributed by atoms with van der Waals surface area (Å²) in [6.07, 6.45) is 1.65. The molecule has 0 N–H and O–H groups in total. The zero-order chi connectivity index (χ0) is 25.9. The van der Waals surface area contributed by atoms with Crippen LogP contribution in [0.2, 0.25) is 0 Å². The second-order valence-electron chi connectivity index (χ2n) is 7.44. The number of nitro benzene ring substituents is 1. The van der Waals surface area contributed by atoms with Crippen molar-refractivity contribution in [2.45, 2.75) is 4.90 Å². The first kappa shape index (κ1) is 25.1. The first-order chi connectivity index (χ1) is 17.2. The number of ether oxygens (including phenoxy) is 2. The van der Waals surface area contributed by atoms with Gasteiger partial charge in [0.1, 0.15) is 10.6 Å². The molecule has 0 bridgehead atoms. The molecule has 0 spiro atoms. The summed E-state index contributed by atoms with van der Waals surface area (Å²) in [6, 6.07) is 18.5. The Bertz CT molecular complexity index is 1600. The number of non-ortho nitro benzene ring substituents is 1. The van der Waals surface area contributed by atoms with E-state index in [-0.39, 0.29) is 16.3 Å². The molecule has 9 nitrogen and oxygen atoms in total. The van der Waals surface area contributed by atoms with Crippen LogP contribution in [0.25, 0.3) is 10.8 Å². The van der Waals surface area contributed by atoms with Crippen molar-refractivity contribution >= 4 is 54.4 Å². The summed E-state index contributed by atoms with van der Waals surface area (Å²) in [5.41, 5.74) is 0.967. The largest absolute Gasteiger partial charge is 0.493 e. The van der Waals surface area contributed by atoms with Crippen LogP contribution in [0.4, 0.5) is 11.4 Å². The third kappa shape index (κ3) is 5.31. The number of rotatable bonds is 8. The van der Waals surface area contributed by atoms with E-state index in [2.05, 4.69) is 20.9 Å². The lowest BCUT2D eigenvalue weighted by Crippen LogP contribution is -2.10. The van der Waals surface area contributed by atoms with E-state index in [1.165, 1.54) is 24.3 Å². The van der Waals surface area contributed by atoms with E-state index in [0.29, 0.717) is 22.6 Å². The molecule has 0 radical (unpaired) electrons. The first-order valence-corrected chi connectivity index (χ1v) is 12.6. The number of hydrogen-bond acceptors (Lipinski definition) is 8. The molecule has 4 aromatic rings. The Morgan fingerprint density at radius 2 is 1.67 bits per heavy atom. The molecule has 0 aliphatic rings. The number of halogens is 1. The molecular weight excluding hydrogens is 552 g/mol. The van der Waals surface area contributed by atoms with Crippen LogP contribution >= 0.6 is 15.9 Å². The number of aliphatic imine (C=N–C) groups is 1. The van der Waals surface area contributed by atoms with Crippen LogP contribution in [-0.4, -0.2) is 33.8 Å². The molecule has 4 rings (SSSR count). The second kappa shape index (κ2) is 10.3. The van der Waals surface area contributed by atoms with E-state index in [1.54, 1.807) is 50.8 Å². The van der Waals surface area contributed by atoms with Gasteiger partial charge in [-0.25, -0.2) is 0 Å². The summed E-state index contributed by atoms with van der Waals surface area (Å²) in [6.45, 7) is 0. The Hall–Kier alpha value is -3.96. The smallest absolute Gasteiger partial charge is 0.339 e. The van der Waals surface area contributed by atoms with Gasteiger partial charge in [0.25, 0.3) is 5.69 Å². The van der Waals surface area contributed by atoms with Gasteiger partial charge in [0.15, 0.2) is 11.5 Å². The van der Waals surface area contributed by atoms with Gasteiger partial charge < -0.3 is 13.7 Å². The third-order valence-corrected chi connectivity index (χ3v) is 7.13. The van der Waals surface area contributed by atoms with Crippen LogP contribution in [0.1, 0.15) is 5.56 Å². The van der Waals surface area contributed by atoms with E-state index in [1.807, 2.05) is 12.1 Å². The Labute approximate surface area is 215 Å². The maximum Gasteiger partial charge on any atom is 0.339 e. The van der Waals surface area contributed by atoms with Crippen LogP contribution in [0.3, 0.4) is 0 Å². The highest BCUT2D eigenvalue weighted by Gasteiger charge is 2.20. The summed E-state index contributed by atoms with van der Waals surface area (Å²) in [4.78, 5) is 14.6. The molecule has 0 unspecified atom stereocenters. The lowest BCUT2D eigenvalue weighted by molar-refractivity contribution is -0.385. The molecule has 0 aliphatic carbocycles. The molecule has 0 aromatic heterocycles. The zero-order valence-electron chi connectivity index (χ0n) is 19.0. The second-order valence-corrected chi connectivity index (χ2v) is 9.84. The lowest BCUT2D eigenvalue weighted by atomic mass is 10.1. The monoisotopic (exact) mass is 570 g/mol. The molecule has 0 saturated carbocycles. The minimum Gasteiger partial charge on any atom is -0.493 e. The predicted octanol–water partition coefficient (Wildman–Crippen LogP) is 6.05. The summed E-state index contributed by atoms with van der Waals surface area (Å²) < 4.78 is 42.2. The van der Waals surface area contributed by atoms with Crippen molar-refractivity contribution in [3.8, 4) is 17.2 Å². The minimum atomic E-state index is -4.30. The molecule has 0 saturated heterocycles. The molecule has 11 heteroatoms. The number of nitrogens with zero attached hydrogens (tertiary/aromatic N) is 2.